The van der Waals surface area contributed by atoms with Gasteiger partial charge in [-0.15, -0.1) is 12.4 Å². The molecule has 0 heterocycles. The van der Waals surface area contributed by atoms with E-state index in [1.807, 2.05) is 6.07 Å². The molecule has 0 spiro atoms. The maximum absolute atomic E-state index is 6.12. The molecule has 0 bridgehead atoms. The van der Waals surface area contributed by atoms with Gasteiger partial charge in [0.25, 0.3) is 0 Å². The molecule has 29 heavy (non-hydrogen) atoms. The van der Waals surface area contributed by atoms with Crippen LogP contribution in [0.4, 0.5) is 0 Å². The van der Waals surface area contributed by atoms with Crippen LogP contribution in [0.25, 0.3) is 11.6 Å². The number of hydrogen-bond acceptors (Lipinski definition) is 2. The number of ether oxygens (including phenoxy) is 1. The summed E-state index contributed by atoms with van der Waals surface area (Å²) in [6.07, 6.45) is 2.30. The molecule has 3 aromatic carbocycles. The van der Waals surface area contributed by atoms with Gasteiger partial charge in [0.05, 0.1) is 0 Å². The summed E-state index contributed by atoms with van der Waals surface area (Å²) >= 11 is 0. The zero-order valence-electron chi connectivity index (χ0n) is 17.4. The van der Waals surface area contributed by atoms with Crippen LogP contribution in [-0.4, -0.2) is 24.2 Å². The lowest BCUT2D eigenvalue weighted by Gasteiger charge is -2.26. The molecule has 0 N–H and O–H groups in total. The number of nitrogens with zero attached hydrogens (tertiary/aromatic N) is 1. The first-order chi connectivity index (χ1) is 13.7. The molecule has 0 fully saturated rings. The molecule has 0 aliphatic rings. The van der Waals surface area contributed by atoms with E-state index in [2.05, 4.69) is 111 Å². The van der Waals surface area contributed by atoms with Crippen molar-refractivity contribution in [3.05, 3.63) is 102 Å². The van der Waals surface area contributed by atoms with Crippen LogP contribution in [0.1, 0.15) is 37.5 Å². The van der Waals surface area contributed by atoms with Gasteiger partial charge in [-0.2, -0.15) is 0 Å². The van der Waals surface area contributed by atoms with Gasteiger partial charge in [-0.25, -0.2) is 0 Å². The van der Waals surface area contributed by atoms with Gasteiger partial charge in [0.2, 0.25) is 0 Å². The van der Waals surface area contributed by atoms with E-state index >= 15 is 0 Å². The van der Waals surface area contributed by atoms with Crippen molar-refractivity contribution in [1.29, 1.82) is 0 Å². The second kappa shape index (κ2) is 11.5. The number of benzene rings is 3. The SMILES string of the molecule is CCN(CC)C(C)Oc1ccc(C(=Cc2ccccc2)c2ccccc2)cc1.Cl. The minimum Gasteiger partial charge on any atom is -0.475 e. The minimum absolute atomic E-state index is 0. The van der Waals surface area contributed by atoms with Crippen molar-refractivity contribution in [2.75, 3.05) is 13.1 Å². The normalized spacial score (nSPS) is 12.3. The average molecular weight is 408 g/mol. The van der Waals surface area contributed by atoms with Gasteiger partial charge >= 0.3 is 0 Å². The Hall–Kier alpha value is -2.55. The zero-order chi connectivity index (χ0) is 19.8. The van der Waals surface area contributed by atoms with Crippen molar-refractivity contribution < 1.29 is 4.74 Å². The van der Waals surface area contributed by atoms with Crippen LogP contribution in [-0.2, 0) is 0 Å². The first-order valence-electron chi connectivity index (χ1n) is 10.0. The van der Waals surface area contributed by atoms with Gasteiger partial charge in [-0.1, -0.05) is 86.6 Å². The third-order valence-corrected chi connectivity index (χ3v) is 4.99. The molecule has 0 aromatic heterocycles. The van der Waals surface area contributed by atoms with Crippen molar-refractivity contribution in [3.63, 3.8) is 0 Å². The van der Waals surface area contributed by atoms with Crippen molar-refractivity contribution in [2.24, 2.45) is 0 Å². The van der Waals surface area contributed by atoms with Gasteiger partial charge in [-0.05, 0) is 60.5 Å². The predicted molar refractivity (Wildman–Crippen MR) is 127 cm³/mol. The fourth-order valence-corrected chi connectivity index (χ4v) is 3.39. The number of rotatable bonds is 8. The lowest BCUT2D eigenvalue weighted by atomic mass is 9.95. The molecule has 0 amide bonds. The molecule has 0 aliphatic heterocycles. The van der Waals surface area contributed by atoms with E-state index in [-0.39, 0.29) is 18.6 Å². The second-order valence-electron chi connectivity index (χ2n) is 6.80. The summed E-state index contributed by atoms with van der Waals surface area (Å²) in [4.78, 5) is 2.29. The van der Waals surface area contributed by atoms with Gasteiger partial charge in [0.15, 0.2) is 0 Å². The molecule has 3 heteroatoms. The van der Waals surface area contributed by atoms with Crippen molar-refractivity contribution in [2.45, 2.75) is 27.0 Å². The number of hydrogen-bond donors (Lipinski definition) is 0. The molecule has 3 aromatic rings. The molecule has 152 valence electrons. The summed E-state index contributed by atoms with van der Waals surface area (Å²) in [6.45, 7) is 8.38. The standard InChI is InChI=1S/C26H29NO.ClH/c1-4-27(5-2)21(3)28-25-18-16-24(17-19-25)26(23-14-10-7-11-15-23)20-22-12-8-6-9-13-22;/h6-21H,4-5H2,1-3H3;1H. The average Bonchev–Trinajstić information content (AvgIpc) is 2.75. The van der Waals surface area contributed by atoms with Gasteiger partial charge < -0.3 is 4.74 Å². The first kappa shape index (κ1) is 22.7. The fourth-order valence-electron chi connectivity index (χ4n) is 3.39. The summed E-state index contributed by atoms with van der Waals surface area (Å²) < 4.78 is 6.12. The van der Waals surface area contributed by atoms with E-state index in [4.69, 9.17) is 4.74 Å². The van der Waals surface area contributed by atoms with Gasteiger partial charge in [0.1, 0.15) is 12.0 Å². The highest BCUT2D eigenvalue weighted by Gasteiger charge is 2.12. The molecule has 0 radical (unpaired) electrons. The van der Waals surface area contributed by atoms with E-state index in [1.165, 1.54) is 22.3 Å². The summed E-state index contributed by atoms with van der Waals surface area (Å²) in [7, 11) is 0. The van der Waals surface area contributed by atoms with E-state index < -0.39 is 0 Å². The van der Waals surface area contributed by atoms with Crippen LogP contribution < -0.4 is 4.74 Å². The third-order valence-electron chi connectivity index (χ3n) is 4.99. The Balaban J connectivity index is 0.00000300. The summed E-state index contributed by atoms with van der Waals surface area (Å²) in [5.41, 5.74) is 4.78. The van der Waals surface area contributed by atoms with Gasteiger partial charge in [-0.3, -0.25) is 4.90 Å². The summed E-state index contributed by atoms with van der Waals surface area (Å²) in [5.74, 6) is 0.898. The van der Waals surface area contributed by atoms with Crippen LogP contribution in [0.5, 0.6) is 5.75 Å². The molecule has 3 rings (SSSR count). The van der Waals surface area contributed by atoms with Crippen LogP contribution in [0, 0.1) is 0 Å². The minimum atomic E-state index is 0. The maximum atomic E-state index is 6.12. The van der Waals surface area contributed by atoms with Crippen LogP contribution >= 0.6 is 12.4 Å². The van der Waals surface area contributed by atoms with Crippen molar-refractivity contribution in [1.82, 2.24) is 4.90 Å². The zero-order valence-corrected chi connectivity index (χ0v) is 18.2. The summed E-state index contributed by atoms with van der Waals surface area (Å²) in [6, 6.07) is 29.4. The Morgan fingerprint density at radius 1 is 0.793 bits per heavy atom. The Kier molecular flexibility index (Phi) is 8.98. The fraction of sp³-hybridized carbons (Fsp3) is 0.231. The van der Waals surface area contributed by atoms with E-state index in [0.717, 1.165) is 18.8 Å². The molecular weight excluding hydrogens is 378 g/mol. The molecule has 0 saturated carbocycles. The monoisotopic (exact) mass is 407 g/mol. The first-order valence-corrected chi connectivity index (χ1v) is 10.0. The molecule has 0 aliphatic carbocycles. The Labute approximate surface area is 181 Å². The van der Waals surface area contributed by atoms with E-state index in [9.17, 15) is 0 Å². The largest absolute Gasteiger partial charge is 0.475 e. The predicted octanol–water partition coefficient (Wildman–Crippen LogP) is 6.76. The maximum Gasteiger partial charge on any atom is 0.149 e. The highest BCUT2D eigenvalue weighted by atomic mass is 35.5. The Morgan fingerprint density at radius 2 is 1.31 bits per heavy atom. The molecule has 0 saturated heterocycles. The highest BCUT2D eigenvalue weighted by Crippen LogP contribution is 2.28. The van der Waals surface area contributed by atoms with Gasteiger partial charge in [0, 0.05) is 0 Å². The lowest BCUT2D eigenvalue weighted by Crippen LogP contribution is -2.36. The van der Waals surface area contributed by atoms with Crippen molar-refractivity contribution >= 4 is 24.1 Å². The molecular formula is C26H30ClNO. The highest BCUT2D eigenvalue weighted by molar-refractivity contribution is 5.91. The quantitative estimate of drug-likeness (QED) is 0.302. The Morgan fingerprint density at radius 3 is 1.86 bits per heavy atom. The number of halogens is 1. The molecule has 1 atom stereocenters. The third kappa shape index (κ3) is 6.22. The molecule has 2 nitrogen and oxygen atoms in total. The van der Waals surface area contributed by atoms with E-state index in [1.54, 1.807) is 0 Å². The van der Waals surface area contributed by atoms with Crippen LogP contribution in [0.3, 0.4) is 0 Å². The Bertz CT molecular complexity index is 872. The van der Waals surface area contributed by atoms with Crippen LogP contribution in [0.15, 0.2) is 84.9 Å². The van der Waals surface area contributed by atoms with Crippen LogP contribution in [0.2, 0.25) is 0 Å². The summed E-state index contributed by atoms with van der Waals surface area (Å²) in [5, 5.41) is 0. The smallest absolute Gasteiger partial charge is 0.149 e. The van der Waals surface area contributed by atoms with Crippen molar-refractivity contribution in [3.8, 4) is 5.75 Å². The second-order valence-corrected chi connectivity index (χ2v) is 6.80. The molecule has 1 unspecified atom stereocenters. The lowest BCUT2D eigenvalue weighted by molar-refractivity contribution is 0.0481. The van der Waals surface area contributed by atoms with E-state index in [0.29, 0.717) is 0 Å². The topological polar surface area (TPSA) is 12.5 Å².